The van der Waals surface area contributed by atoms with Crippen molar-refractivity contribution in [2.75, 3.05) is 172 Å². The third-order valence-electron chi connectivity index (χ3n) is 22.3. The fourth-order valence-electron chi connectivity index (χ4n) is 15.6. The summed E-state index contributed by atoms with van der Waals surface area (Å²) >= 11 is 0. The number of aryl methyl sites for hydroxylation is 1. The smallest absolute Gasteiger partial charge is 0.260 e. The fraction of sp³-hybridized carbons (Fsp3) is 0.290. The van der Waals surface area contributed by atoms with Crippen molar-refractivity contribution in [3.05, 3.63) is 276 Å². The van der Waals surface area contributed by atoms with Crippen molar-refractivity contribution in [3.63, 3.8) is 0 Å². The first kappa shape index (κ1) is 91.0. The SMILES string of the molecule is CNCCNc1ccc2nc(-c3ccc(OC)c(OC)c3)cc(=O)n2c1.COc1c(F)cc(-c2cc(=O)n3cc(N4CCNCC4)ccc3n2)cc1F.COc1c(F)cc(-c2cc(=O)n3cc(N4CCN[C@@H](C)C4)ccc3n2)cc1F.COc1ncc(-c2cc(=O)n3cc(N4CCNCC4)ccc3n2)cc1F.Cc1cn(-c2cc(=O)n3cc(N4CCN[C@@H](C)C4)ccc3n2)cn1. The zero-order valence-corrected chi connectivity index (χ0v) is 73.4. The number of imidazole rings is 1. The molecule has 131 heavy (non-hydrogen) atoms. The van der Waals surface area contributed by atoms with Gasteiger partial charge in [-0.2, -0.15) is 0 Å². The molecule has 4 fully saturated rings. The molecule has 6 N–H and O–H groups in total. The molecule has 38 heteroatoms. The van der Waals surface area contributed by atoms with E-state index in [2.05, 4.69) is 105 Å². The zero-order valence-electron chi connectivity index (χ0n) is 73.4. The van der Waals surface area contributed by atoms with Crippen LogP contribution in [0.4, 0.5) is 50.4 Å². The molecule has 0 saturated carbocycles. The summed E-state index contributed by atoms with van der Waals surface area (Å²) in [5.74, 6) is -3.18. The molecule has 0 aliphatic carbocycles. The third-order valence-corrected chi connectivity index (χ3v) is 22.3. The molecule has 16 heterocycles. The summed E-state index contributed by atoms with van der Waals surface area (Å²) < 4.78 is 104. The maximum absolute atomic E-state index is 14.0. The van der Waals surface area contributed by atoms with Gasteiger partial charge in [0.25, 0.3) is 27.8 Å². The molecular weight excluding hydrogens is 1690 g/mol. The third kappa shape index (κ3) is 21.2. The molecule has 2 atom stereocenters. The highest BCUT2D eigenvalue weighted by atomic mass is 19.1. The summed E-state index contributed by atoms with van der Waals surface area (Å²) in [5, 5.41) is 19.7. The lowest BCUT2D eigenvalue weighted by Crippen LogP contribution is -2.49. The lowest BCUT2D eigenvalue weighted by molar-refractivity contribution is 0.355. The van der Waals surface area contributed by atoms with Crippen LogP contribution < -0.4 is 103 Å². The second-order valence-corrected chi connectivity index (χ2v) is 31.2. The lowest BCUT2D eigenvalue weighted by atomic mass is 10.1. The number of hydrogen-bond donors (Lipinski definition) is 6. The highest BCUT2D eigenvalue weighted by Crippen LogP contribution is 2.34. The van der Waals surface area contributed by atoms with Gasteiger partial charge < -0.3 is 75.2 Å². The van der Waals surface area contributed by atoms with E-state index in [1.165, 1.54) is 81.5 Å². The van der Waals surface area contributed by atoms with Crippen LogP contribution in [0.2, 0.25) is 0 Å². The number of fused-ring (bicyclic) bond motifs is 5. The second kappa shape index (κ2) is 41.1. The number of piperazine rings is 4. The quantitative estimate of drug-likeness (QED) is 0.0345. The Morgan fingerprint density at radius 3 is 1.19 bits per heavy atom. The van der Waals surface area contributed by atoms with Crippen LogP contribution >= 0.6 is 0 Å². The van der Waals surface area contributed by atoms with Gasteiger partial charge in [0.05, 0.1) is 92.5 Å². The second-order valence-electron chi connectivity index (χ2n) is 31.2. The summed E-state index contributed by atoms with van der Waals surface area (Å²) in [6.07, 6.45) is 13.9. The number of halogens is 5. The predicted octanol–water partition coefficient (Wildman–Crippen LogP) is 8.81. The van der Waals surface area contributed by atoms with E-state index in [-0.39, 0.29) is 56.2 Å². The summed E-state index contributed by atoms with van der Waals surface area (Å²) in [5.41, 5.74) is 10.0. The summed E-state index contributed by atoms with van der Waals surface area (Å²) in [6, 6.07) is 37.6. The van der Waals surface area contributed by atoms with Crippen LogP contribution in [0, 0.1) is 36.0 Å². The summed E-state index contributed by atoms with van der Waals surface area (Å²) in [6.45, 7) is 20.3. The highest BCUT2D eigenvalue weighted by Gasteiger charge is 2.24. The monoisotopic (exact) mass is 1790 g/mol. The van der Waals surface area contributed by atoms with E-state index in [1.54, 1.807) is 78.6 Å². The fourth-order valence-corrected chi connectivity index (χ4v) is 15.6. The number of rotatable bonds is 18. The Labute approximate surface area is 747 Å². The van der Waals surface area contributed by atoms with Crippen LogP contribution in [0.25, 0.3) is 79.1 Å². The van der Waals surface area contributed by atoms with Crippen LogP contribution in [0.1, 0.15) is 19.5 Å². The standard InChI is InChI=1S/C20H20F2N4O2.C19H18F2N4O2.C19H22N4O3.C18H18FN5O2.C17H20N6O/c1-12-10-25(6-5-23-12)14-3-4-18-24-17(9-19(27)26(18)11-14)13-7-15(21)20(28-2)16(22)8-13;1-27-19-14(20)8-12(9-15(19)21)16-10-18(26)25-11-13(2-3-17(25)23-16)24-6-4-22-5-7-24;1-20-8-9-21-14-5-7-18-22-15(11-19(24)23(18)12-14)13-4-6-16(25-2)17(10-13)26-3;1-26-18-14(19)8-12(10-21-18)15-9-17(25)24-11-13(2-3-16(24)22-15)23-6-4-20-5-7-23;1-12-8-21(6-5-18-12)14-3-4-15-20-16(7-17(24)23(15)10-14)22-9-13(2)19-11-22/h3-4,7-9,11-12,23H,5-6,10H2,1-2H3;2-3,8-11,22H,4-7H2,1H3;4-7,10-12,20-21H,8-9H2,1-3H3;2-3,8-11,20H,4-7H2,1H3;3-4,7,9-12,18H,5-6,8H2,1-2H3/t12-;;;;12-/m0...0/s1. The number of ether oxygens (including phenoxy) is 5. The van der Waals surface area contributed by atoms with E-state index in [1.807, 2.05) is 81.0 Å². The van der Waals surface area contributed by atoms with Gasteiger partial charge in [-0.25, -0.2) is 56.8 Å². The first-order chi connectivity index (χ1) is 63.4. The Bertz CT molecular complexity index is 6960. The number of hydrogen-bond acceptors (Lipinski definition) is 27. The Morgan fingerprint density at radius 1 is 0.389 bits per heavy atom. The van der Waals surface area contributed by atoms with Gasteiger partial charge in [0, 0.05) is 213 Å². The molecule has 0 spiro atoms. The van der Waals surface area contributed by atoms with Crippen LogP contribution in [0.5, 0.6) is 28.9 Å². The maximum Gasteiger partial charge on any atom is 0.260 e. The van der Waals surface area contributed by atoms with Gasteiger partial charge in [-0.15, -0.1) is 0 Å². The molecule has 0 bridgehead atoms. The van der Waals surface area contributed by atoms with Crippen LogP contribution in [-0.2, 0) is 0 Å². The molecule has 19 rings (SSSR count). The minimum absolute atomic E-state index is 0.0908. The van der Waals surface area contributed by atoms with Crippen molar-refractivity contribution < 1.29 is 45.6 Å². The number of pyridine rings is 6. The number of anilines is 5. The van der Waals surface area contributed by atoms with Gasteiger partial charge in [0.15, 0.2) is 52.1 Å². The van der Waals surface area contributed by atoms with E-state index in [0.29, 0.717) is 74.6 Å². The molecule has 12 aromatic heterocycles. The van der Waals surface area contributed by atoms with Crippen molar-refractivity contribution in [3.8, 4) is 79.7 Å². The first-order valence-electron chi connectivity index (χ1n) is 42.4. The summed E-state index contributed by atoms with van der Waals surface area (Å²) in [7, 11) is 8.79. The van der Waals surface area contributed by atoms with E-state index < -0.39 is 40.6 Å². The minimum atomic E-state index is -0.845. The first-order valence-corrected chi connectivity index (χ1v) is 42.4. The van der Waals surface area contributed by atoms with E-state index in [9.17, 15) is 45.9 Å². The van der Waals surface area contributed by atoms with Gasteiger partial charge in [0.1, 0.15) is 40.4 Å². The highest BCUT2D eigenvalue weighted by molar-refractivity contribution is 5.69. The van der Waals surface area contributed by atoms with E-state index >= 15 is 0 Å². The molecule has 33 nitrogen and oxygen atoms in total. The summed E-state index contributed by atoms with van der Waals surface area (Å²) in [4.78, 5) is 102. The van der Waals surface area contributed by atoms with Crippen LogP contribution in [-0.4, -0.2) is 221 Å². The Balaban J connectivity index is 0.000000125. The molecule has 3 aromatic carbocycles. The van der Waals surface area contributed by atoms with Crippen molar-refractivity contribution in [2.24, 2.45) is 0 Å². The van der Waals surface area contributed by atoms with Crippen LogP contribution in [0.3, 0.4) is 0 Å². The maximum atomic E-state index is 14.0. The predicted molar refractivity (Wildman–Crippen MR) is 493 cm³/mol. The number of nitrogens with one attached hydrogen (secondary N) is 6. The molecular formula is C93H98F5N23O10. The minimum Gasteiger partial charge on any atom is -0.493 e. The van der Waals surface area contributed by atoms with Gasteiger partial charge in [-0.3, -0.25) is 50.5 Å². The number of methoxy groups -OCH3 is 5. The molecule has 4 aliphatic heterocycles. The molecule has 4 aliphatic rings. The van der Waals surface area contributed by atoms with Crippen molar-refractivity contribution >= 4 is 56.7 Å². The van der Waals surface area contributed by atoms with Crippen LogP contribution in [0.15, 0.2) is 213 Å². The average Bonchev–Trinajstić information content (AvgIpc) is 1.51. The molecule has 680 valence electrons. The van der Waals surface area contributed by atoms with Crippen molar-refractivity contribution in [2.45, 2.75) is 32.9 Å². The van der Waals surface area contributed by atoms with Gasteiger partial charge in [-0.1, -0.05) is 0 Å². The molecule has 15 aromatic rings. The molecule has 4 saturated heterocycles. The number of benzene rings is 3. The molecule has 0 radical (unpaired) electrons. The van der Waals surface area contributed by atoms with Gasteiger partial charge >= 0.3 is 0 Å². The van der Waals surface area contributed by atoms with Gasteiger partial charge in [0.2, 0.25) is 5.88 Å². The van der Waals surface area contributed by atoms with E-state index in [0.717, 1.165) is 169 Å². The van der Waals surface area contributed by atoms with E-state index in [4.69, 9.17) is 18.9 Å². The van der Waals surface area contributed by atoms with Gasteiger partial charge in [-0.05, 0) is 137 Å². The normalized spacial score (nSPS) is 15.0. The molecule has 0 amide bonds. The Kier molecular flexibility index (Phi) is 28.6. The number of aromatic nitrogens is 13. The Hall–Kier alpha value is -14.7. The number of nitrogens with zero attached hydrogens (tertiary/aromatic N) is 17. The number of likely N-dealkylation sites (N-methyl/N-ethyl adjacent to an activating group) is 1. The Morgan fingerprint density at radius 2 is 0.786 bits per heavy atom. The topological polar surface area (TPSA) is 334 Å². The van der Waals surface area contributed by atoms with Crippen molar-refractivity contribution in [1.82, 2.24) is 88.0 Å². The van der Waals surface area contributed by atoms with Crippen molar-refractivity contribution in [1.29, 1.82) is 0 Å². The largest absolute Gasteiger partial charge is 0.493 e. The lowest BCUT2D eigenvalue weighted by Gasteiger charge is -2.33. The molecule has 0 unspecified atom stereocenters. The zero-order chi connectivity index (χ0) is 92.1. The average molecular weight is 1790 g/mol.